The highest BCUT2D eigenvalue weighted by molar-refractivity contribution is 5.80. The third kappa shape index (κ3) is 9.24. The summed E-state index contributed by atoms with van der Waals surface area (Å²) in [6.45, 7) is 8.28. The van der Waals surface area contributed by atoms with Crippen LogP contribution >= 0.6 is 0 Å². The van der Waals surface area contributed by atoms with Gasteiger partial charge in [0.2, 0.25) is 5.91 Å². The molecule has 4 atom stereocenters. The van der Waals surface area contributed by atoms with Crippen molar-refractivity contribution in [1.82, 2.24) is 15.1 Å². The SMILES string of the molecule is C[C@H]1[C@@H](CN2CCN(Cc3ccccc3)CC2)O[C@@H](c2ccc(-c3ccccc3CNC(=O)CCC(=O)O)cc2)O[C@H]1c1ccc(CO)cc1. The fraction of sp³-hybridized carbons (Fsp3) is 0.366. The van der Waals surface area contributed by atoms with Crippen LogP contribution in [0, 0.1) is 5.92 Å². The minimum atomic E-state index is -0.990. The number of aliphatic carboxylic acids is 1. The van der Waals surface area contributed by atoms with E-state index in [1.165, 1.54) is 5.56 Å². The molecule has 4 aromatic rings. The molecule has 50 heavy (non-hydrogen) atoms. The van der Waals surface area contributed by atoms with Gasteiger partial charge in [-0.1, -0.05) is 110 Å². The van der Waals surface area contributed by atoms with Crippen LogP contribution in [0.25, 0.3) is 11.1 Å². The molecule has 0 aromatic heterocycles. The predicted octanol–water partition coefficient (Wildman–Crippen LogP) is 5.94. The zero-order valence-electron chi connectivity index (χ0n) is 28.6. The van der Waals surface area contributed by atoms with Gasteiger partial charge in [-0.15, -0.1) is 0 Å². The molecule has 2 saturated heterocycles. The number of rotatable bonds is 13. The van der Waals surface area contributed by atoms with Crippen LogP contribution in [0.5, 0.6) is 0 Å². The van der Waals surface area contributed by atoms with E-state index in [9.17, 15) is 14.7 Å². The van der Waals surface area contributed by atoms with Crippen LogP contribution in [-0.2, 0) is 38.8 Å². The number of hydrogen-bond donors (Lipinski definition) is 3. The Labute approximate surface area is 294 Å². The van der Waals surface area contributed by atoms with Gasteiger partial charge in [-0.05, 0) is 33.4 Å². The number of carbonyl (C=O) groups is 2. The first kappa shape index (κ1) is 35.4. The molecule has 0 unspecified atom stereocenters. The number of ether oxygens (including phenoxy) is 2. The summed E-state index contributed by atoms with van der Waals surface area (Å²) in [5, 5.41) is 21.4. The van der Waals surface area contributed by atoms with Gasteiger partial charge in [0.25, 0.3) is 0 Å². The first-order valence-corrected chi connectivity index (χ1v) is 17.5. The lowest BCUT2D eigenvalue weighted by atomic mass is 9.89. The molecule has 4 aromatic carbocycles. The van der Waals surface area contributed by atoms with E-state index < -0.39 is 12.3 Å². The molecule has 262 valence electrons. The maximum atomic E-state index is 12.2. The zero-order chi connectivity index (χ0) is 34.9. The molecule has 1 amide bonds. The van der Waals surface area contributed by atoms with Crippen LogP contribution in [0.15, 0.2) is 103 Å². The molecule has 3 N–H and O–H groups in total. The largest absolute Gasteiger partial charge is 0.481 e. The van der Waals surface area contributed by atoms with Gasteiger partial charge in [-0.2, -0.15) is 0 Å². The Morgan fingerprint density at radius 1 is 0.760 bits per heavy atom. The molecule has 9 nitrogen and oxygen atoms in total. The minimum absolute atomic E-state index is 0.00145. The lowest BCUT2D eigenvalue weighted by Gasteiger charge is -2.44. The van der Waals surface area contributed by atoms with Crippen molar-refractivity contribution in [2.45, 2.75) is 58.0 Å². The number of aliphatic hydroxyl groups excluding tert-OH is 1. The number of carboxylic acids is 1. The second kappa shape index (κ2) is 17.0. The van der Waals surface area contributed by atoms with Gasteiger partial charge in [0.1, 0.15) is 0 Å². The highest BCUT2D eigenvalue weighted by Gasteiger charge is 2.39. The molecule has 0 spiro atoms. The smallest absolute Gasteiger partial charge is 0.303 e. The Kier molecular flexibility index (Phi) is 12.1. The average molecular weight is 678 g/mol. The summed E-state index contributed by atoms with van der Waals surface area (Å²) < 4.78 is 13.5. The molecule has 2 aliphatic heterocycles. The third-order valence-corrected chi connectivity index (χ3v) is 9.83. The van der Waals surface area contributed by atoms with Crippen molar-refractivity contribution in [1.29, 1.82) is 0 Å². The van der Waals surface area contributed by atoms with E-state index in [4.69, 9.17) is 14.6 Å². The van der Waals surface area contributed by atoms with Gasteiger partial charge in [0.15, 0.2) is 6.29 Å². The highest BCUT2D eigenvalue weighted by atomic mass is 16.7. The molecule has 2 aliphatic rings. The maximum absolute atomic E-state index is 12.2. The Morgan fingerprint density at radius 3 is 2.12 bits per heavy atom. The van der Waals surface area contributed by atoms with E-state index in [0.29, 0.717) is 6.54 Å². The summed E-state index contributed by atoms with van der Waals surface area (Å²) in [6, 6.07) is 34.7. The van der Waals surface area contributed by atoms with Gasteiger partial charge in [0.05, 0.1) is 25.2 Å². The van der Waals surface area contributed by atoms with Crippen LogP contribution in [0.2, 0.25) is 0 Å². The molecule has 2 heterocycles. The van der Waals surface area contributed by atoms with Crippen molar-refractivity contribution in [3.05, 3.63) is 131 Å². The molecule has 0 aliphatic carbocycles. The number of carbonyl (C=O) groups excluding carboxylic acids is 1. The van der Waals surface area contributed by atoms with E-state index in [1.807, 2.05) is 48.5 Å². The fourth-order valence-electron chi connectivity index (χ4n) is 6.83. The number of aliphatic hydroxyl groups is 1. The summed E-state index contributed by atoms with van der Waals surface area (Å²) in [7, 11) is 0. The fourth-order valence-corrected chi connectivity index (χ4v) is 6.83. The van der Waals surface area contributed by atoms with Crippen molar-refractivity contribution in [2.24, 2.45) is 5.92 Å². The maximum Gasteiger partial charge on any atom is 0.303 e. The van der Waals surface area contributed by atoms with Crippen LogP contribution in [0.4, 0.5) is 0 Å². The number of amides is 1. The number of hydrogen-bond acceptors (Lipinski definition) is 7. The average Bonchev–Trinajstić information content (AvgIpc) is 3.15. The Hall–Kier alpha value is -4.38. The quantitative estimate of drug-likeness (QED) is 0.160. The van der Waals surface area contributed by atoms with E-state index in [2.05, 4.69) is 76.6 Å². The van der Waals surface area contributed by atoms with E-state index >= 15 is 0 Å². The summed E-state index contributed by atoms with van der Waals surface area (Å²) in [6.07, 6.45) is -1.04. The first-order chi connectivity index (χ1) is 24.4. The standard InChI is InChI=1S/C41H47N3O6/c1-29-37(27-44-23-21-43(22-24-44)26-30-7-3-2-4-8-30)49-41(50-40(29)33-13-11-31(28-45)12-14-33)34-17-15-32(16-18-34)36-10-6-5-9-35(36)25-42-38(46)19-20-39(47)48/h2-18,29,37,40-41,45H,19-28H2,1H3,(H,42,46)(H,47,48)/t29-,37+,40+,41+/m0/s1. The molecule has 6 rings (SSSR count). The molecule has 0 saturated carbocycles. The molecule has 9 heteroatoms. The van der Waals surface area contributed by atoms with Crippen LogP contribution in [0.1, 0.15) is 60.0 Å². The number of benzene rings is 4. The Morgan fingerprint density at radius 2 is 1.42 bits per heavy atom. The van der Waals surface area contributed by atoms with Crippen molar-refractivity contribution >= 4 is 11.9 Å². The van der Waals surface area contributed by atoms with Crippen molar-refractivity contribution < 1.29 is 29.3 Å². The normalized spacial score (nSPS) is 21.5. The Bertz CT molecular complexity index is 1690. The second-order valence-corrected chi connectivity index (χ2v) is 13.3. The van der Waals surface area contributed by atoms with E-state index in [-0.39, 0.29) is 43.5 Å². The van der Waals surface area contributed by atoms with Crippen molar-refractivity contribution in [3.63, 3.8) is 0 Å². The Balaban J connectivity index is 1.15. The molecular weight excluding hydrogens is 630 g/mol. The van der Waals surface area contributed by atoms with Crippen LogP contribution < -0.4 is 5.32 Å². The minimum Gasteiger partial charge on any atom is -0.481 e. The summed E-state index contributed by atoms with van der Waals surface area (Å²) in [5.74, 6) is -1.18. The van der Waals surface area contributed by atoms with Gasteiger partial charge in [-0.3, -0.25) is 19.4 Å². The number of carboxylic acid groups (broad SMARTS) is 1. The van der Waals surface area contributed by atoms with E-state index in [0.717, 1.165) is 72.6 Å². The van der Waals surface area contributed by atoms with E-state index in [1.54, 1.807) is 0 Å². The van der Waals surface area contributed by atoms with Crippen molar-refractivity contribution in [3.8, 4) is 11.1 Å². The lowest BCUT2D eigenvalue weighted by molar-refractivity contribution is -0.276. The topological polar surface area (TPSA) is 112 Å². The zero-order valence-corrected chi connectivity index (χ0v) is 28.6. The predicted molar refractivity (Wildman–Crippen MR) is 192 cm³/mol. The molecular formula is C41H47N3O6. The van der Waals surface area contributed by atoms with Gasteiger partial charge in [0, 0.05) is 63.7 Å². The number of piperazine rings is 1. The first-order valence-electron chi connectivity index (χ1n) is 17.5. The van der Waals surface area contributed by atoms with Crippen molar-refractivity contribution in [2.75, 3.05) is 32.7 Å². The van der Waals surface area contributed by atoms with Crippen LogP contribution in [-0.4, -0.2) is 70.7 Å². The van der Waals surface area contributed by atoms with Gasteiger partial charge >= 0.3 is 5.97 Å². The van der Waals surface area contributed by atoms with Gasteiger partial charge in [-0.25, -0.2) is 0 Å². The summed E-state index contributed by atoms with van der Waals surface area (Å²) in [4.78, 5) is 28.1. The number of nitrogens with zero attached hydrogens (tertiary/aromatic N) is 2. The molecule has 0 radical (unpaired) electrons. The molecule has 2 fully saturated rings. The summed E-state index contributed by atoms with van der Waals surface area (Å²) in [5.41, 5.74) is 7.13. The van der Waals surface area contributed by atoms with Gasteiger partial charge < -0.3 is 25.0 Å². The molecule has 0 bridgehead atoms. The second-order valence-electron chi connectivity index (χ2n) is 13.3. The number of nitrogens with one attached hydrogen (secondary N) is 1. The third-order valence-electron chi connectivity index (χ3n) is 9.83. The monoisotopic (exact) mass is 677 g/mol. The summed E-state index contributed by atoms with van der Waals surface area (Å²) >= 11 is 0. The van der Waals surface area contributed by atoms with Crippen LogP contribution in [0.3, 0.4) is 0 Å². The highest BCUT2D eigenvalue weighted by Crippen LogP contribution is 2.42. The lowest BCUT2D eigenvalue weighted by Crippen LogP contribution is -2.51.